The van der Waals surface area contributed by atoms with Gasteiger partial charge in [0.1, 0.15) is 5.82 Å². The zero-order valence-corrected chi connectivity index (χ0v) is 17.4. The summed E-state index contributed by atoms with van der Waals surface area (Å²) in [5, 5.41) is 6.13. The Morgan fingerprint density at radius 3 is 2.42 bits per heavy atom. The van der Waals surface area contributed by atoms with Crippen molar-refractivity contribution in [3.8, 4) is 0 Å². The topological polar surface area (TPSA) is 115 Å². The highest BCUT2D eigenvalue weighted by Crippen LogP contribution is 2.35. The Hall–Kier alpha value is -3.61. The highest BCUT2D eigenvalue weighted by atomic mass is 15.3. The van der Waals surface area contributed by atoms with Crippen molar-refractivity contribution in [2.75, 3.05) is 23.4 Å². The highest BCUT2D eigenvalue weighted by molar-refractivity contribution is 5.85. The molecule has 0 aliphatic rings. The highest BCUT2D eigenvalue weighted by Gasteiger charge is 2.20. The number of nitrogens with one attached hydrogen (secondary N) is 2. The van der Waals surface area contributed by atoms with Gasteiger partial charge in [0.25, 0.3) is 0 Å². The molecule has 1 unspecified atom stereocenters. The normalized spacial score (nSPS) is 12.0. The molecule has 0 aliphatic heterocycles. The van der Waals surface area contributed by atoms with E-state index < -0.39 is 0 Å². The Morgan fingerprint density at radius 1 is 0.871 bits per heavy atom. The van der Waals surface area contributed by atoms with Gasteiger partial charge in [-0.2, -0.15) is 0 Å². The Balaban J connectivity index is 1.53. The van der Waals surface area contributed by atoms with Gasteiger partial charge >= 0.3 is 0 Å². The molecule has 0 saturated heterocycles. The first-order chi connectivity index (χ1) is 15.2. The Labute approximate surface area is 182 Å². The number of benzene rings is 3. The zero-order chi connectivity index (χ0) is 21.6. The molecule has 0 radical (unpaired) electrons. The molecule has 1 heterocycles. The fourth-order valence-corrected chi connectivity index (χ4v) is 4.10. The van der Waals surface area contributed by atoms with Crippen LogP contribution in [0.5, 0.6) is 0 Å². The largest absolute Gasteiger partial charge is 0.395 e. The average Bonchev–Trinajstić information content (AvgIpc) is 2.81. The molecule has 8 N–H and O–H groups in total. The van der Waals surface area contributed by atoms with Crippen molar-refractivity contribution >= 4 is 28.1 Å². The SMILES string of the molecule is NNc1nc(N)cc(C(CCNCc2cccc3ccccc23)c2ccccc2)c1N. The number of nitrogen functional groups attached to an aromatic ring is 3. The number of hydrogen-bond donors (Lipinski definition) is 5. The minimum atomic E-state index is 0.0682. The monoisotopic (exact) mass is 412 g/mol. The summed E-state index contributed by atoms with van der Waals surface area (Å²) in [5.41, 5.74) is 18.9. The number of hydrogen-bond acceptors (Lipinski definition) is 6. The minimum absolute atomic E-state index is 0.0682. The van der Waals surface area contributed by atoms with Crippen molar-refractivity contribution in [2.24, 2.45) is 5.84 Å². The van der Waals surface area contributed by atoms with E-state index in [-0.39, 0.29) is 5.92 Å². The van der Waals surface area contributed by atoms with Gasteiger partial charge in [-0.3, -0.25) is 0 Å². The van der Waals surface area contributed by atoms with Crippen LogP contribution in [0.15, 0.2) is 78.9 Å². The van der Waals surface area contributed by atoms with Gasteiger partial charge in [0.2, 0.25) is 0 Å². The summed E-state index contributed by atoms with van der Waals surface area (Å²) >= 11 is 0. The number of fused-ring (bicyclic) bond motifs is 1. The van der Waals surface area contributed by atoms with E-state index in [0.29, 0.717) is 17.3 Å². The van der Waals surface area contributed by atoms with E-state index in [0.717, 1.165) is 25.1 Å². The van der Waals surface area contributed by atoms with E-state index >= 15 is 0 Å². The van der Waals surface area contributed by atoms with E-state index in [4.69, 9.17) is 17.3 Å². The Bertz CT molecular complexity index is 1150. The van der Waals surface area contributed by atoms with Crippen molar-refractivity contribution in [2.45, 2.75) is 18.9 Å². The second-order valence-corrected chi connectivity index (χ2v) is 7.61. The number of anilines is 3. The van der Waals surface area contributed by atoms with Crippen LogP contribution in [0.3, 0.4) is 0 Å². The van der Waals surface area contributed by atoms with Gasteiger partial charge in [-0.15, -0.1) is 0 Å². The summed E-state index contributed by atoms with van der Waals surface area (Å²) < 4.78 is 0. The number of pyridine rings is 1. The lowest BCUT2D eigenvalue weighted by Gasteiger charge is -2.22. The van der Waals surface area contributed by atoms with Crippen LogP contribution in [0.25, 0.3) is 10.8 Å². The van der Waals surface area contributed by atoms with E-state index in [1.54, 1.807) is 0 Å². The molecule has 4 rings (SSSR count). The number of hydrazine groups is 1. The smallest absolute Gasteiger partial charge is 0.165 e. The lowest BCUT2D eigenvalue weighted by Crippen LogP contribution is -2.20. The molecule has 158 valence electrons. The van der Waals surface area contributed by atoms with Gasteiger partial charge < -0.3 is 22.2 Å². The average molecular weight is 413 g/mol. The number of rotatable bonds is 8. The van der Waals surface area contributed by atoms with Crippen LogP contribution in [-0.2, 0) is 6.54 Å². The second kappa shape index (κ2) is 9.47. The molecule has 0 saturated carbocycles. The van der Waals surface area contributed by atoms with Crippen molar-refractivity contribution < 1.29 is 0 Å². The first kappa shape index (κ1) is 20.7. The molecular formula is C25H28N6. The Morgan fingerprint density at radius 2 is 1.61 bits per heavy atom. The first-order valence-corrected chi connectivity index (χ1v) is 10.4. The van der Waals surface area contributed by atoms with Crippen LogP contribution >= 0.6 is 0 Å². The molecule has 0 bridgehead atoms. The number of aromatic nitrogens is 1. The summed E-state index contributed by atoms with van der Waals surface area (Å²) in [6.45, 7) is 1.61. The van der Waals surface area contributed by atoms with Gasteiger partial charge in [-0.05, 0) is 46.5 Å². The fourth-order valence-electron chi connectivity index (χ4n) is 4.10. The summed E-state index contributed by atoms with van der Waals surface area (Å²) in [5.74, 6) is 6.46. The molecule has 4 aromatic rings. The third kappa shape index (κ3) is 4.60. The quantitative estimate of drug-likeness (QED) is 0.170. The standard InChI is InChI=1S/C25H28N6/c26-23-15-22(24(27)25(30-23)31-28)21(18-7-2-1-3-8-18)13-14-29-16-19-11-6-10-17-9-4-5-12-20(17)19/h1-12,15,21,29H,13-14,16,27-28H2,(H3,26,30,31). The van der Waals surface area contributed by atoms with Crippen LogP contribution < -0.4 is 28.1 Å². The zero-order valence-electron chi connectivity index (χ0n) is 17.4. The molecule has 0 aliphatic carbocycles. The van der Waals surface area contributed by atoms with Crippen molar-refractivity contribution in [3.05, 3.63) is 95.6 Å². The molecule has 6 nitrogen and oxygen atoms in total. The van der Waals surface area contributed by atoms with Gasteiger partial charge in [0, 0.05) is 12.5 Å². The summed E-state index contributed by atoms with van der Waals surface area (Å²) in [6.07, 6.45) is 0.854. The molecule has 1 atom stereocenters. The van der Waals surface area contributed by atoms with Crippen LogP contribution in [0.1, 0.15) is 29.0 Å². The van der Waals surface area contributed by atoms with E-state index in [9.17, 15) is 0 Å². The maximum absolute atomic E-state index is 6.38. The van der Waals surface area contributed by atoms with Gasteiger partial charge in [-0.1, -0.05) is 72.8 Å². The van der Waals surface area contributed by atoms with Gasteiger partial charge in [0.15, 0.2) is 5.82 Å². The van der Waals surface area contributed by atoms with Gasteiger partial charge in [-0.25, -0.2) is 10.8 Å². The van der Waals surface area contributed by atoms with Crippen LogP contribution in [0.2, 0.25) is 0 Å². The molecular weight excluding hydrogens is 384 g/mol. The van der Waals surface area contributed by atoms with E-state index in [1.807, 2.05) is 24.3 Å². The van der Waals surface area contributed by atoms with Crippen LogP contribution in [0.4, 0.5) is 17.3 Å². The van der Waals surface area contributed by atoms with Crippen molar-refractivity contribution in [1.29, 1.82) is 0 Å². The fraction of sp³-hybridized carbons (Fsp3) is 0.160. The maximum Gasteiger partial charge on any atom is 0.165 e. The molecule has 0 spiro atoms. The lowest BCUT2D eigenvalue weighted by atomic mass is 9.87. The molecule has 3 aromatic carbocycles. The molecule has 1 aromatic heterocycles. The Kier molecular flexibility index (Phi) is 6.31. The lowest BCUT2D eigenvalue weighted by molar-refractivity contribution is 0.613. The molecule has 0 amide bonds. The van der Waals surface area contributed by atoms with Crippen LogP contribution in [-0.4, -0.2) is 11.5 Å². The predicted molar refractivity (Wildman–Crippen MR) is 129 cm³/mol. The number of nitrogens with two attached hydrogens (primary N) is 3. The van der Waals surface area contributed by atoms with Crippen LogP contribution in [0, 0.1) is 0 Å². The summed E-state index contributed by atoms with van der Waals surface area (Å²) in [7, 11) is 0. The van der Waals surface area contributed by atoms with Crippen molar-refractivity contribution in [1.82, 2.24) is 10.3 Å². The molecule has 31 heavy (non-hydrogen) atoms. The van der Waals surface area contributed by atoms with E-state index in [2.05, 4.69) is 70.3 Å². The summed E-state index contributed by atoms with van der Waals surface area (Å²) in [6, 6.07) is 27.0. The third-order valence-corrected chi connectivity index (χ3v) is 5.63. The third-order valence-electron chi connectivity index (χ3n) is 5.63. The van der Waals surface area contributed by atoms with E-state index in [1.165, 1.54) is 21.9 Å². The van der Waals surface area contributed by atoms with Crippen molar-refractivity contribution in [3.63, 3.8) is 0 Å². The minimum Gasteiger partial charge on any atom is -0.395 e. The maximum atomic E-state index is 6.38. The first-order valence-electron chi connectivity index (χ1n) is 10.4. The number of nitrogens with zero attached hydrogens (tertiary/aromatic N) is 1. The molecule has 0 fully saturated rings. The van der Waals surface area contributed by atoms with Gasteiger partial charge in [0.05, 0.1) is 5.69 Å². The predicted octanol–water partition coefficient (Wildman–Crippen LogP) is 4.00. The second-order valence-electron chi connectivity index (χ2n) is 7.61. The molecule has 6 heteroatoms. The summed E-state index contributed by atoms with van der Waals surface area (Å²) in [4.78, 5) is 4.19.